The Morgan fingerprint density at radius 3 is 1.44 bits per heavy atom. The molecule has 0 bridgehead atoms. The van der Waals surface area contributed by atoms with Crippen molar-refractivity contribution in [3.05, 3.63) is 38.0 Å². The van der Waals surface area contributed by atoms with Crippen LogP contribution in [0.4, 0.5) is 0 Å². The smallest absolute Gasteiger partial charge is 0.373 e. The van der Waals surface area contributed by atoms with Gasteiger partial charge in [-0.1, -0.05) is 18.2 Å². The molecule has 0 fully saturated rings. The van der Waals surface area contributed by atoms with E-state index in [1.54, 1.807) is 18.2 Å². The van der Waals surface area contributed by atoms with Gasteiger partial charge in [-0.3, -0.25) is 9.11 Å². The Morgan fingerprint density at radius 1 is 1.06 bits per heavy atom. The molecule has 0 aromatic rings. The van der Waals surface area contributed by atoms with Crippen LogP contribution in [0.25, 0.3) is 0 Å². The molecule has 6 nitrogen and oxygen atoms in total. The summed E-state index contributed by atoms with van der Waals surface area (Å²) >= 11 is 0. The van der Waals surface area contributed by atoms with Gasteiger partial charge in [0.15, 0.2) is 0 Å². The molecule has 0 aliphatic heterocycles. The molecule has 16 heavy (non-hydrogen) atoms. The second-order valence-corrected chi connectivity index (χ2v) is 2.98. The van der Waals surface area contributed by atoms with Gasteiger partial charge in [0.05, 0.1) is 13.2 Å². The van der Waals surface area contributed by atoms with E-state index in [-0.39, 0.29) is 0 Å². The van der Waals surface area contributed by atoms with E-state index in [1.807, 2.05) is 0 Å². The van der Waals surface area contributed by atoms with E-state index in [4.69, 9.17) is 28.0 Å². The first-order valence-electron chi connectivity index (χ1n) is 4.13. The van der Waals surface area contributed by atoms with Crippen molar-refractivity contribution in [1.82, 2.24) is 0 Å². The fourth-order valence-corrected chi connectivity index (χ4v) is 0.235. The topological polar surface area (TPSA) is 110 Å². The van der Waals surface area contributed by atoms with Crippen LogP contribution in [0.5, 0.6) is 0 Å². The molecule has 0 radical (unpaired) electrons. The van der Waals surface area contributed by atoms with Gasteiger partial charge in [-0.2, -0.15) is 8.42 Å². The maximum absolute atomic E-state index is 8.74. The minimum absolute atomic E-state index is 0.583. The lowest BCUT2D eigenvalue weighted by Crippen LogP contribution is -1.90. The Hall–Kier alpha value is -0.990. The predicted octanol–water partition coefficient (Wildman–Crippen LogP) is 0.853. The average molecular weight is 253 g/mol. The third-order valence-electron chi connectivity index (χ3n) is 0.638. The van der Waals surface area contributed by atoms with Crippen LogP contribution in [0.3, 0.4) is 0 Å². The summed E-state index contributed by atoms with van der Waals surface area (Å²) < 4.78 is 36.5. The lowest BCUT2D eigenvalue weighted by atomic mass is 10.6. The minimum Gasteiger partial charge on any atom is -0.373 e. The first-order valence-corrected chi connectivity index (χ1v) is 5.53. The lowest BCUT2D eigenvalue weighted by molar-refractivity contribution is 0.194. The second kappa shape index (κ2) is 16.4. The highest BCUT2D eigenvalue weighted by Crippen LogP contribution is 1.72. The van der Waals surface area contributed by atoms with Gasteiger partial charge in [-0.15, -0.1) is 19.7 Å². The van der Waals surface area contributed by atoms with Crippen LogP contribution in [0.15, 0.2) is 38.0 Å². The predicted molar refractivity (Wildman–Crippen MR) is 64.6 cm³/mol. The molecule has 0 aromatic carbocycles. The van der Waals surface area contributed by atoms with Crippen molar-refractivity contribution in [2.24, 2.45) is 5.73 Å². The maximum atomic E-state index is 8.74. The SMILES string of the molecule is C=CCN.C=CCOCC=C.O=S(=O)(O)O. The number of rotatable bonds is 5. The highest BCUT2D eigenvalue weighted by Gasteiger charge is 1.84. The Labute approximate surface area is 96.7 Å². The summed E-state index contributed by atoms with van der Waals surface area (Å²) in [5, 5.41) is 0. The maximum Gasteiger partial charge on any atom is 0.394 e. The summed E-state index contributed by atoms with van der Waals surface area (Å²) in [6.45, 7) is 12.1. The molecule has 7 heteroatoms. The van der Waals surface area contributed by atoms with Crippen LogP contribution in [0.1, 0.15) is 0 Å². The van der Waals surface area contributed by atoms with Crippen LogP contribution in [0, 0.1) is 0 Å². The van der Waals surface area contributed by atoms with Crippen LogP contribution >= 0.6 is 0 Å². The molecule has 0 atom stereocenters. The molecule has 0 amide bonds. The highest BCUT2D eigenvalue weighted by atomic mass is 32.3. The van der Waals surface area contributed by atoms with Crippen molar-refractivity contribution >= 4 is 10.4 Å². The molecule has 0 saturated heterocycles. The molecule has 96 valence electrons. The number of hydrogen-bond acceptors (Lipinski definition) is 4. The molecular weight excluding hydrogens is 234 g/mol. The van der Waals surface area contributed by atoms with Crippen molar-refractivity contribution in [2.75, 3.05) is 19.8 Å². The number of hydrogen-bond donors (Lipinski definition) is 3. The third-order valence-corrected chi connectivity index (χ3v) is 0.638. The summed E-state index contributed by atoms with van der Waals surface area (Å²) in [7, 11) is -4.67. The molecule has 0 spiro atoms. The van der Waals surface area contributed by atoms with E-state index in [9.17, 15) is 0 Å². The van der Waals surface area contributed by atoms with E-state index in [0.717, 1.165) is 0 Å². The van der Waals surface area contributed by atoms with Gasteiger partial charge >= 0.3 is 10.4 Å². The molecule has 0 unspecified atom stereocenters. The van der Waals surface area contributed by atoms with Gasteiger partial charge in [0.2, 0.25) is 0 Å². The molecule has 0 heterocycles. The zero-order chi connectivity index (χ0) is 13.4. The van der Waals surface area contributed by atoms with Gasteiger partial charge in [-0.25, -0.2) is 0 Å². The molecule has 4 N–H and O–H groups in total. The molecule has 0 aromatic heterocycles. The van der Waals surface area contributed by atoms with Gasteiger partial charge in [0.25, 0.3) is 0 Å². The van der Waals surface area contributed by atoms with Crippen LogP contribution in [-0.2, 0) is 15.1 Å². The summed E-state index contributed by atoms with van der Waals surface area (Å²) in [4.78, 5) is 0. The van der Waals surface area contributed by atoms with E-state index in [1.165, 1.54) is 0 Å². The summed E-state index contributed by atoms with van der Waals surface area (Å²) in [5.41, 5.74) is 4.91. The van der Waals surface area contributed by atoms with Crippen molar-refractivity contribution in [2.45, 2.75) is 0 Å². The zero-order valence-corrected chi connectivity index (χ0v) is 9.90. The Bertz CT molecular complexity index is 245. The number of ether oxygens (including phenoxy) is 1. The summed E-state index contributed by atoms with van der Waals surface area (Å²) in [5.74, 6) is 0. The molecule has 0 saturated carbocycles. The fraction of sp³-hybridized carbons (Fsp3) is 0.333. The Kier molecular flexibility index (Phi) is 21.0. The lowest BCUT2D eigenvalue weighted by Gasteiger charge is -1.89. The molecular formula is C9H19NO5S. The quantitative estimate of drug-likeness (QED) is 0.380. The fourth-order valence-electron chi connectivity index (χ4n) is 0.235. The summed E-state index contributed by atoms with van der Waals surface area (Å²) in [6.07, 6.45) is 5.08. The van der Waals surface area contributed by atoms with Crippen LogP contribution in [-0.4, -0.2) is 37.3 Å². The van der Waals surface area contributed by atoms with E-state index in [0.29, 0.717) is 19.8 Å². The normalized spacial score (nSPS) is 8.69. The Morgan fingerprint density at radius 2 is 1.31 bits per heavy atom. The first kappa shape index (κ1) is 20.4. The van der Waals surface area contributed by atoms with Gasteiger partial charge in [-0.05, 0) is 0 Å². The van der Waals surface area contributed by atoms with Crippen molar-refractivity contribution < 1.29 is 22.3 Å². The Balaban J connectivity index is -0.000000166. The molecule has 0 aliphatic carbocycles. The second-order valence-electron chi connectivity index (χ2n) is 2.09. The van der Waals surface area contributed by atoms with E-state index < -0.39 is 10.4 Å². The zero-order valence-electron chi connectivity index (χ0n) is 9.08. The van der Waals surface area contributed by atoms with Crippen LogP contribution in [0.2, 0.25) is 0 Å². The van der Waals surface area contributed by atoms with Crippen molar-refractivity contribution in [3.8, 4) is 0 Å². The third kappa shape index (κ3) is 117. The van der Waals surface area contributed by atoms with E-state index in [2.05, 4.69) is 19.7 Å². The highest BCUT2D eigenvalue weighted by molar-refractivity contribution is 7.79. The average Bonchev–Trinajstić information content (AvgIpc) is 2.17. The largest absolute Gasteiger partial charge is 0.394 e. The summed E-state index contributed by atoms with van der Waals surface area (Å²) in [6, 6.07) is 0. The van der Waals surface area contributed by atoms with E-state index >= 15 is 0 Å². The van der Waals surface area contributed by atoms with Gasteiger partial charge in [0.1, 0.15) is 0 Å². The van der Waals surface area contributed by atoms with Crippen LogP contribution < -0.4 is 5.73 Å². The first-order chi connectivity index (χ1) is 7.33. The molecule has 0 rings (SSSR count). The standard InChI is InChI=1S/C6H10O.C3H7N.H2O4S/c1-3-5-7-6-4-2;1-2-3-4;1-5(2,3)4/h3-4H,1-2,5-6H2;2H,1,3-4H2;(H2,1,2,3,4). The minimum atomic E-state index is -4.67. The van der Waals surface area contributed by atoms with Gasteiger partial charge in [0, 0.05) is 6.54 Å². The monoisotopic (exact) mass is 253 g/mol. The van der Waals surface area contributed by atoms with Crippen molar-refractivity contribution in [3.63, 3.8) is 0 Å². The van der Waals surface area contributed by atoms with Gasteiger partial charge < -0.3 is 10.5 Å². The van der Waals surface area contributed by atoms with Crippen molar-refractivity contribution in [1.29, 1.82) is 0 Å². The number of nitrogens with two attached hydrogens (primary N) is 1. The molecule has 0 aliphatic rings.